The Hall–Kier alpha value is -1.66. The Kier molecular flexibility index (Phi) is 3.37. The standard InChI is InChI=1S/C14H19F2N3O2/c1-19-12(17-13(20)21)10(5-8-3-2-4-8)11(18-19)9-6-14(15,16)7-9/h8-9,17H,2-7H2,1H3,(H,20,21). The molecule has 0 atom stereocenters. The lowest BCUT2D eigenvalue weighted by Crippen LogP contribution is -2.34. The van der Waals surface area contributed by atoms with Crippen LogP contribution in [0.2, 0.25) is 0 Å². The molecule has 0 saturated heterocycles. The molecule has 1 aromatic rings. The first-order chi connectivity index (χ1) is 9.85. The number of hydrogen-bond donors (Lipinski definition) is 2. The lowest BCUT2D eigenvalue weighted by Gasteiger charge is -2.35. The number of rotatable bonds is 4. The third-order valence-electron chi connectivity index (χ3n) is 4.60. The molecule has 1 aromatic heterocycles. The quantitative estimate of drug-likeness (QED) is 0.895. The number of aromatic nitrogens is 2. The molecule has 0 aromatic carbocycles. The molecular formula is C14H19F2N3O2. The van der Waals surface area contributed by atoms with E-state index in [1.54, 1.807) is 7.05 Å². The van der Waals surface area contributed by atoms with Gasteiger partial charge in [-0.3, -0.25) is 10.00 Å². The van der Waals surface area contributed by atoms with Gasteiger partial charge in [-0.05, 0) is 12.3 Å². The number of amides is 1. The first-order valence-corrected chi connectivity index (χ1v) is 7.29. The summed E-state index contributed by atoms with van der Waals surface area (Å²) in [6.45, 7) is 0. The highest BCUT2D eigenvalue weighted by Crippen LogP contribution is 2.50. The largest absolute Gasteiger partial charge is 0.465 e. The summed E-state index contributed by atoms with van der Waals surface area (Å²) in [5.74, 6) is -1.91. The predicted molar refractivity (Wildman–Crippen MR) is 72.8 cm³/mol. The van der Waals surface area contributed by atoms with Crippen molar-refractivity contribution in [2.45, 2.75) is 50.4 Å². The number of aryl methyl sites for hydroxylation is 1. The first-order valence-electron chi connectivity index (χ1n) is 7.29. The van der Waals surface area contributed by atoms with Gasteiger partial charge in [0.2, 0.25) is 5.92 Å². The van der Waals surface area contributed by atoms with E-state index in [1.165, 1.54) is 11.1 Å². The fourth-order valence-corrected chi connectivity index (χ4v) is 3.22. The minimum absolute atomic E-state index is 0.186. The van der Waals surface area contributed by atoms with E-state index >= 15 is 0 Å². The minimum atomic E-state index is -2.60. The molecule has 2 fully saturated rings. The van der Waals surface area contributed by atoms with Gasteiger partial charge in [0.05, 0.1) is 5.69 Å². The molecule has 2 saturated carbocycles. The van der Waals surface area contributed by atoms with Crippen LogP contribution in [0.15, 0.2) is 0 Å². The van der Waals surface area contributed by atoms with E-state index in [0.29, 0.717) is 17.4 Å². The van der Waals surface area contributed by atoms with Crippen LogP contribution in [0, 0.1) is 5.92 Å². The molecule has 5 nitrogen and oxygen atoms in total. The zero-order valence-corrected chi connectivity index (χ0v) is 11.9. The molecule has 0 radical (unpaired) electrons. The summed E-state index contributed by atoms with van der Waals surface area (Å²) in [5.41, 5.74) is 1.46. The summed E-state index contributed by atoms with van der Waals surface area (Å²) >= 11 is 0. The topological polar surface area (TPSA) is 67.2 Å². The van der Waals surface area contributed by atoms with Crippen LogP contribution in [0.4, 0.5) is 19.4 Å². The Morgan fingerprint density at radius 2 is 2.14 bits per heavy atom. The van der Waals surface area contributed by atoms with Gasteiger partial charge in [0.1, 0.15) is 5.82 Å². The third kappa shape index (κ3) is 2.73. The second-order valence-corrected chi connectivity index (χ2v) is 6.23. The van der Waals surface area contributed by atoms with Crippen molar-refractivity contribution in [3.05, 3.63) is 11.3 Å². The Morgan fingerprint density at radius 1 is 1.48 bits per heavy atom. The highest BCUT2D eigenvalue weighted by molar-refractivity contribution is 5.83. The summed E-state index contributed by atoms with van der Waals surface area (Å²) in [6, 6.07) is 0. The maximum absolute atomic E-state index is 13.1. The van der Waals surface area contributed by atoms with Gasteiger partial charge in [0.25, 0.3) is 0 Å². The first kappa shape index (κ1) is 14.3. The van der Waals surface area contributed by atoms with Gasteiger partial charge in [-0.2, -0.15) is 5.10 Å². The van der Waals surface area contributed by atoms with Crippen LogP contribution in [0.25, 0.3) is 0 Å². The van der Waals surface area contributed by atoms with Gasteiger partial charge in [0, 0.05) is 31.4 Å². The summed E-state index contributed by atoms with van der Waals surface area (Å²) in [5, 5.41) is 15.6. The molecule has 0 bridgehead atoms. The molecule has 116 valence electrons. The second-order valence-electron chi connectivity index (χ2n) is 6.23. The Balaban J connectivity index is 1.88. The van der Waals surface area contributed by atoms with Crippen molar-refractivity contribution in [3.63, 3.8) is 0 Å². The predicted octanol–water partition coefficient (Wildman–Crippen LogP) is 3.37. The molecule has 1 amide bonds. The van der Waals surface area contributed by atoms with Crippen LogP contribution >= 0.6 is 0 Å². The van der Waals surface area contributed by atoms with Crippen LogP contribution in [0.1, 0.15) is 49.3 Å². The number of anilines is 1. The molecule has 7 heteroatoms. The van der Waals surface area contributed by atoms with Crippen molar-refractivity contribution in [1.82, 2.24) is 9.78 Å². The van der Waals surface area contributed by atoms with Crippen molar-refractivity contribution in [1.29, 1.82) is 0 Å². The molecule has 3 rings (SSSR count). The van der Waals surface area contributed by atoms with E-state index in [4.69, 9.17) is 5.11 Å². The molecule has 2 aliphatic carbocycles. The minimum Gasteiger partial charge on any atom is -0.465 e. The number of alkyl halides is 2. The lowest BCUT2D eigenvalue weighted by molar-refractivity contribution is -0.0878. The Labute approximate surface area is 121 Å². The summed E-state index contributed by atoms with van der Waals surface area (Å²) in [7, 11) is 1.65. The van der Waals surface area contributed by atoms with E-state index < -0.39 is 12.0 Å². The monoisotopic (exact) mass is 299 g/mol. The Bertz CT molecular complexity index is 559. The number of halogens is 2. The lowest BCUT2D eigenvalue weighted by atomic mass is 9.75. The highest BCUT2D eigenvalue weighted by atomic mass is 19.3. The summed E-state index contributed by atoms with van der Waals surface area (Å²) in [4.78, 5) is 10.9. The molecule has 0 aliphatic heterocycles. The summed E-state index contributed by atoms with van der Waals surface area (Å²) in [6.07, 6.45) is 2.61. The highest BCUT2D eigenvalue weighted by Gasteiger charge is 2.48. The third-order valence-corrected chi connectivity index (χ3v) is 4.60. The number of nitrogens with one attached hydrogen (secondary N) is 1. The molecule has 2 aliphatic rings. The van der Waals surface area contributed by atoms with Gasteiger partial charge in [0.15, 0.2) is 0 Å². The average molecular weight is 299 g/mol. The summed E-state index contributed by atoms with van der Waals surface area (Å²) < 4.78 is 27.7. The maximum Gasteiger partial charge on any atom is 0.410 e. The second kappa shape index (κ2) is 4.96. The normalized spacial score (nSPS) is 21.7. The van der Waals surface area contributed by atoms with Crippen LogP contribution < -0.4 is 5.32 Å². The number of carboxylic acid groups (broad SMARTS) is 1. The van der Waals surface area contributed by atoms with Crippen LogP contribution in [-0.2, 0) is 13.5 Å². The molecule has 2 N–H and O–H groups in total. The van der Waals surface area contributed by atoms with Crippen molar-refractivity contribution in [2.24, 2.45) is 13.0 Å². The Morgan fingerprint density at radius 3 is 2.62 bits per heavy atom. The van der Waals surface area contributed by atoms with Gasteiger partial charge in [-0.1, -0.05) is 19.3 Å². The van der Waals surface area contributed by atoms with Crippen LogP contribution in [-0.4, -0.2) is 26.9 Å². The smallest absolute Gasteiger partial charge is 0.410 e. The van der Waals surface area contributed by atoms with Crippen molar-refractivity contribution >= 4 is 11.9 Å². The average Bonchev–Trinajstić information content (AvgIpc) is 2.57. The fourth-order valence-electron chi connectivity index (χ4n) is 3.22. The van der Waals surface area contributed by atoms with Crippen LogP contribution in [0.3, 0.4) is 0 Å². The molecule has 0 spiro atoms. The molecular weight excluding hydrogens is 280 g/mol. The van der Waals surface area contributed by atoms with E-state index in [2.05, 4.69) is 10.4 Å². The molecule has 21 heavy (non-hydrogen) atoms. The van der Waals surface area contributed by atoms with E-state index in [9.17, 15) is 13.6 Å². The zero-order valence-electron chi connectivity index (χ0n) is 11.9. The van der Waals surface area contributed by atoms with Crippen molar-refractivity contribution in [3.8, 4) is 0 Å². The van der Waals surface area contributed by atoms with Crippen LogP contribution in [0.5, 0.6) is 0 Å². The van der Waals surface area contributed by atoms with Gasteiger partial charge >= 0.3 is 6.09 Å². The van der Waals surface area contributed by atoms with Crippen molar-refractivity contribution < 1.29 is 18.7 Å². The van der Waals surface area contributed by atoms with Gasteiger partial charge in [-0.15, -0.1) is 0 Å². The fraction of sp³-hybridized carbons (Fsp3) is 0.714. The van der Waals surface area contributed by atoms with Crippen molar-refractivity contribution in [2.75, 3.05) is 5.32 Å². The number of hydrogen-bond acceptors (Lipinski definition) is 2. The van der Waals surface area contributed by atoms with E-state index in [0.717, 1.165) is 24.8 Å². The zero-order chi connectivity index (χ0) is 15.2. The number of nitrogens with zero attached hydrogens (tertiary/aromatic N) is 2. The van der Waals surface area contributed by atoms with E-state index in [-0.39, 0.29) is 18.8 Å². The van der Waals surface area contributed by atoms with Gasteiger partial charge in [-0.25, -0.2) is 13.6 Å². The van der Waals surface area contributed by atoms with Gasteiger partial charge < -0.3 is 5.11 Å². The number of carbonyl (C=O) groups is 1. The van der Waals surface area contributed by atoms with E-state index in [1.807, 2.05) is 0 Å². The maximum atomic E-state index is 13.1. The molecule has 1 heterocycles. The SMILES string of the molecule is Cn1nc(C2CC(F)(F)C2)c(CC2CCC2)c1NC(=O)O. The molecule has 0 unspecified atom stereocenters.